The molecule has 0 bridgehead atoms. The fourth-order valence-electron chi connectivity index (χ4n) is 3.15. The highest BCUT2D eigenvalue weighted by molar-refractivity contribution is 5.98. The Hall–Kier alpha value is -2.95. The van der Waals surface area contributed by atoms with Crippen molar-refractivity contribution < 1.29 is 22.4 Å². The molecule has 30 heavy (non-hydrogen) atoms. The Bertz CT molecular complexity index is 899. The molecule has 2 aromatic rings. The van der Waals surface area contributed by atoms with Crippen molar-refractivity contribution in [3.05, 3.63) is 41.3 Å². The first-order chi connectivity index (χ1) is 14.2. The third-order valence-corrected chi connectivity index (χ3v) is 4.58. The van der Waals surface area contributed by atoms with Crippen molar-refractivity contribution in [2.75, 3.05) is 35.6 Å². The van der Waals surface area contributed by atoms with E-state index in [9.17, 15) is 22.4 Å². The van der Waals surface area contributed by atoms with E-state index < -0.39 is 23.6 Å². The Balaban J connectivity index is 1.63. The number of halogens is 4. The van der Waals surface area contributed by atoms with E-state index >= 15 is 0 Å². The van der Waals surface area contributed by atoms with Crippen LogP contribution < -0.4 is 21.3 Å². The Morgan fingerprint density at radius 2 is 2.03 bits per heavy atom. The molecular weight excluding hydrogens is 404 g/mol. The second-order valence-electron chi connectivity index (χ2n) is 7.08. The molecule has 1 unspecified atom stereocenters. The molecule has 11 heteroatoms. The van der Waals surface area contributed by atoms with Gasteiger partial charge in [-0.15, -0.1) is 0 Å². The average molecular weight is 426 g/mol. The number of rotatable bonds is 5. The number of aryl methyl sites for hydroxylation is 1. The van der Waals surface area contributed by atoms with Crippen molar-refractivity contribution in [2.45, 2.75) is 25.9 Å². The number of nitrogens with zero attached hydrogens (tertiary/aromatic N) is 2. The van der Waals surface area contributed by atoms with Crippen LogP contribution in [0.3, 0.4) is 0 Å². The van der Waals surface area contributed by atoms with Crippen LogP contribution in [0.25, 0.3) is 0 Å². The van der Waals surface area contributed by atoms with Crippen molar-refractivity contribution in [3.63, 3.8) is 0 Å². The van der Waals surface area contributed by atoms with E-state index in [2.05, 4.69) is 31.2 Å². The van der Waals surface area contributed by atoms with Crippen molar-refractivity contribution in [2.24, 2.45) is 5.92 Å². The number of anilines is 3. The Labute approximate surface area is 170 Å². The topological polar surface area (TPSA) is 91.0 Å². The molecule has 1 fully saturated rings. The molecule has 7 nitrogen and oxygen atoms in total. The van der Waals surface area contributed by atoms with Gasteiger partial charge in [0, 0.05) is 24.0 Å². The Morgan fingerprint density at radius 1 is 1.23 bits per heavy atom. The molecular formula is C19H22F4N6O. The van der Waals surface area contributed by atoms with Gasteiger partial charge in [-0.1, -0.05) is 0 Å². The van der Waals surface area contributed by atoms with Gasteiger partial charge < -0.3 is 16.0 Å². The van der Waals surface area contributed by atoms with Gasteiger partial charge in [0.25, 0.3) is 0 Å². The van der Waals surface area contributed by atoms with Gasteiger partial charge in [0.1, 0.15) is 11.6 Å². The van der Waals surface area contributed by atoms with E-state index in [1.165, 1.54) is 0 Å². The SMILES string of the molecule is Cc1cc(NCC2CCCNC2)nc(NC(=O)Nc2ccc(F)c(C(F)(F)F)c2)n1. The molecule has 0 radical (unpaired) electrons. The molecule has 2 amide bonds. The summed E-state index contributed by atoms with van der Waals surface area (Å²) in [4.78, 5) is 20.5. The van der Waals surface area contributed by atoms with Gasteiger partial charge >= 0.3 is 12.2 Å². The number of hydrogen-bond acceptors (Lipinski definition) is 5. The smallest absolute Gasteiger partial charge is 0.370 e. The van der Waals surface area contributed by atoms with Crippen LogP contribution in [0.5, 0.6) is 0 Å². The van der Waals surface area contributed by atoms with Crippen molar-refractivity contribution >= 4 is 23.5 Å². The quantitative estimate of drug-likeness (QED) is 0.543. The highest BCUT2D eigenvalue weighted by Gasteiger charge is 2.34. The lowest BCUT2D eigenvalue weighted by molar-refractivity contribution is -0.139. The minimum atomic E-state index is -4.87. The summed E-state index contributed by atoms with van der Waals surface area (Å²) in [5, 5.41) is 11.2. The number of carbonyl (C=O) groups excluding carboxylic acids is 1. The lowest BCUT2D eigenvalue weighted by Gasteiger charge is -2.23. The molecule has 4 N–H and O–H groups in total. The zero-order valence-electron chi connectivity index (χ0n) is 16.2. The van der Waals surface area contributed by atoms with E-state index in [-0.39, 0.29) is 11.6 Å². The van der Waals surface area contributed by atoms with E-state index in [1.54, 1.807) is 13.0 Å². The van der Waals surface area contributed by atoms with Crippen LogP contribution in [-0.2, 0) is 6.18 Å². The average Bonchev–Trinajstić information content (AvgIpc) is 2.67. The number of hydrogen-bond donors (Lipinski definition) is 4. The summed E-state index contributed by atoms with van der Waals surface area (Å²) in [5.41, 5.74) is -1.07. The maximum Gasteiger partial charge on any atom is 0.419 e. The third-order valence-electron chi connectivity index (χ3n) is 4.58. The number of aromatic nitrogens is 2. The summed E-state index contributed by atoms with van der Waals surface area (Å²) < 4.78 is 51.8. The van der Waals surface area contributed by atoms with Crippen LogP contribution in [0.1, 0.15) is 24.1 Å². The van der Waals surface area contributed by atoms with E-state index in [0.29, 0.717) is 36.1 Å². The summed E-state index contributed by atoms with van der Waals surface area (Å²) in [6.07, 6.45) is -2.65. The van der Waals surface area contributed by atoms with Gasteiger partial charge in [0.05, 0.1) is 5.56 Å². The fraction of sp³-hybridized carbons (Fsp3) is 0.421. The molecule has 0 aliphatic carbocycles. The molecule has 2 heterocycles. The summed E-state index contributed by atoms with van der Waals surface area (Å²) in [6.45, 7) is 4.38. The van der Waals surface area contributed by atoms with Crippen molar-refractivity contribution in [1.29, 1.82) is 0 Å². The lowest BCUT2D eigenvalue weighted by atomic mass is 10.00. The number of carbonyl (C=O) groups is 1. The standard InChI is InChI=1S/C19H22F4N6O/c1-11-7-16(25-10-12-3-2-6-24-9-12)28-17(26-11)29-18(30)27-13-4-5-15(20)14(8-13)19(21,22)23/h4-5,7-8,12,24H,2-3,6,9-10H2,1H3,(H3,25,26,27,28,29,30). The monoisotopic (exact) mass is 426 g/mol. The first kappa shape index (κ1) is 21.8. The second kappa shape index (κ2) is 9.24. The first-order valence-corrected chi connectivity index (χ1v) is 9.46. The van der Waals surface area contributed by atoms with Gasteiger partial charge in [-0.2, -0.15) is 18.2 Å². The van der Waals surface area contributed by atoms with E-state index in [4.69, 9.17) is 0 Å². The summed E-state index contributed by atoms with van der Waals surface area (Å²) in [6, 6.07) is 3.09. The minimum Gasteiger partial charge on any atom is -0.370 e. The molecule has 0 spiro atoms. The lowest BCUT2D eigenvalue weighted by Crippen LogP contribution is -2.33. The second-order valence-corrected chi connectivity index (χ2v) is 7.08. The van der Waals surface area contributed by atoms with Gasteiger partial charge in [0.2, 0.25) is 5.95 Å². The number of piperidine rings is 1. The van der Waals surface area contributed by atoms with Crippen molar-refractivity contribution in [3.8, 4) is 0 Å². The maximum atomic E-state index is 13.4. The molecule has 1 aliphatic rings. The van der Waals surface area contributed by atoms with Gasteiger partial charge in [-0.25, -0.2) is 14.2 Å². The van der Waals surface area contributed by atoms with E-state index in [1.807, 2.05) is 0 Å². The Kier molecular flexibility index (Phi) is 6.70. The fourth-order valence-corrected chi connectivity index (χ4v) is 3.15. The highest BCUT2D eigenvalue weighted by Crippen LogP contribution is 2.33. The third kappa shape index (κ3) is 6.02. The maximum absolute atomic E-state index is 13.4. The van der Waals surface area contributed by atoms with Crippen LogP contribution in [-0.4, -0.2) is 35.6 Å². The minimum absolute atomic E-state index is 0.00470. The Morgan fingerprint density at radius 3 is 2.73 bits per heavy atom. The summed E-state index contributed by atoms with van der Waals surface area (Å²) in [7, 11) is 0. The normalized spacial score (nSPS) is 16.8. The predicted molar refractivity (Wildman–Crippen MR) is 105 cm³/mol. The number of nitrogens with one attached hydrogen (secondary N) is 4. The predicted octanol–water partition coefficient (Wildman–Crippen LogP) is 4.00. The van der Waals surface area contributed by atoms with Crippen LogP contribution in [0, 0.1) is 18.7 Å². The van der Waals surface area contributed by atoms with E-state index in [0.717, 1.165) is 32.0 Å². The van der Waals surface area contributed by atoms with Gasteiger partial charge in [0.15, 0.2) is 0 Å². The first-order valence-electron chi connectivity index (χ1n) is 9.46. The van der Waals surface area contributed by atoms with Crippen molar-refractivity contribution in [1.82, 2.24) is 15.3 Å². The summed E-state index contributed by atoms with van der Waals surface area (Å²) in [5.74, 6) is -0.422. The van der Waals surface area contributed by atoms with Crippen LogP contribution >= 0.6 is 0 Å². The summed E-state index contributed by atoms with van der Waals surface area (Å²) >= 11 is 0. The van der Waals surface area contributed by atoms with Crippen LogP contribution in [0.4, 0.5) is 39.8 Å². The van der Waals surface area contributed by atoms with Crippen LogP contribution in [0.2, 0.25) is 0 Å². The number of alkyl halides is 3. The number of amides is 2. The largest absolute Gasteiger partial charge is 0.419 e. The molecule has 1 aromatic heterocycles. The number of benzene rings is 1. The highest BCUT2D eigenvalue weighted by atomic mass is 19.4. The number of urea groups is 1. The molecule has 0 saturated carbocycles. The molecule has 1 atom stereocenters. The molecule has 162 valence electrons. The van der Waals surface area contributed by atoms with Crippen LogP contribution in [0.15, 0.2) is 24.3 Å². The molecule has 1 saturated heterocycles. The zero-order valence-corrected chi connectivity index (χ0v) is 16.2. The van der Waals surface area contributed by atoms with Gasteiger partial charge in [-0.3, -0.25) is 5.32 Å². The molecule has 1 aliphatic heterocycles. The van der Waals surface area contributed by atoms with Gasteiger partial charge in [-0.05, 0) is 57.0 Å². The molecule has 3 rings (SSSR count). The zero-order chi connectivity index (χ0) is 21.7. The molecule has 1 aromatic carbocycles.